The molecule has 1 aliphatic heterocycles. The molecule has 2 heterocycles. The first kappa shape index (κ1) is 23.5. The van der Waals surface area contributed by atoms with Gasteiger partial charge in [0, 0.05) is 39.4 Å². The van der Waals surface area contributed by atoms with Crippen LogP contribution in [0.5, 0.6) is 0 Å². The zero-order valence-corrected chi connectivity index (χ0v) is 18.6. The first-order valence-corrected chi connectivity index (χ1v) is 9.51. The van der Waals surface area contributed by atoms with Crippen LogP contribution in [0.15, 0.2) is 29.4 Å². The second-order valence-corrected chi connectivity index (χ2v) is 6.34. The predicted molar refractivity (Wildman–Crippen MR) is 120 cm³/mol. The van der Waals surface area contributed by atoms with Crippen LogP contribution in [0, 0.1) is 5.92 Å². The lowest BCUT2D eigenvalue weighted by atomic mass is 9.97. The van der Waals surface area contributed by atoms with Crippen molar-refractivity contribution in [3.05, 3.63) is 24.4 Å². The number of halogens is 1. The fourth-order valence-electron chi connectivity index (χ4n) is 3.05. The number of aliphatic imine (C=N–C) groups is 1. The summed E-state index contributed by atoms with van der Waals surface area (Å²) in [5.74, 6) is 1.81. The molecule has 1 fully saturated rings. The number of carbonyl (C=O) groups is 1. The molecular weight excluding hydrogens is 457 g/mol. The number of unbranched alkanes of at least 4 members (excludes halogenated alkanes) is 1. The number of esters is 1. The number of carbonyl (C=O) groups excluding carboxylic acids is 1. The topological polar surface area (TPSA) is 78.8 Å². The number of guanidine groups is 1. The minimum absolute atomic E-state index is 0. The van der Waals surface area contributed by atoms with Gasteiger partial charge < -0.3 is 20.3 Å². The van der Waals surface area contributed by atoms with E-state index < -0.39 is 0 Å². The Labute approximate surface area is 179 Å². The van der Waals surface area contributed by atoms with Crippen molar-refractivity contribution in [1.29, 1.82) is 0 Å². The third-order valence-corrected chi connectivity index (χ3v) is 4.48. The van der Waals surface area contributed by atoms with Crippen LogP contribution in [-0.4, -0.2) is 61.6 Å². The molecule has 0 aliphatic carbocycles. The second-order valence-electron chi connectivity index (χ2n) is 6.34. The van der Waals surface area contributed by atoms with Gasteiger partial charge in [-0.3, -0.25) is 9.79 Å². The molecule has 0 unspecified atom stereocenters. The van der Waals surface area contributed by atoms with Crippen LogP contribution in [0.4, 0.5) is 5.82 Å². The van der Waals surface area contributed by atoms with Gasteiger partial charge in [0.2, 0.25) is 0 Å². The van der Waals surface area contributed by atoms with E-state index in [2.05, 4.69) is 25.5 Å². The molecule has 0 atom stereocenters. The minimum atomic E-state index is -0.0597. The average molecular weight is 489 g/mol. The zero-order chi connectivity index (χ0) is 18.6. The largest absolute Gasteiger partial charge is 0.466 e. The molecule has 1 aromatic heterocycles. The Kier molecular flexibility index (Phi) is 11.8. The van der Waals surface area contributed by atoms with Gasteiger partial charge in [0.05, 0.1) is 12.5 Å². The lowest BCUT2D eigenvalue weighted by Gasteiger charge is -2.33. The highest BCUT2D eigenvalue weighted by atomic mass is 127. The maximum atomic E-state index is 11.8. The highest BCUT2D eigenvalue weighted by Crippen LogP contribution is 2.18. The van der Waals surface area contributed by atoms with Gasteiger partial charge >= 0.3 is 5.97 Å². The molecule has 0 bridgehead atoms. The van der Waals surface area contributed by atoms with Crippen LogP contribution in [0.25, 0.3) is 0 Å². The number of anilines is 1. The summed E-state index contributed by atoms with van der Waals surface area (Å²) in [7, 11) is 1.81. The molecule has 0 spiro atoms. The lowest BCUT2D eigenvalue weighted by Crippen LogP contribution is -2.47. The van der Waals surface area contributed by atoms with Crippen molar-refractivity contribution in [3.8, 4) is 0 Å². The molecule has 152 valence electrons. The Balaban J connectivity index is 0.00000364. The summed E-state index contributed by atoms with van der Waals surface area (Å²) < 4.78 is 5.12. The number of hydrogen-bond acceptors (Lipinski definition) is 5. The molecule has 2 N–H and O–H groups in total. The zero-order valence-electron chi connectivity index (χ0n) is 16.3. The van der Waals surface area contributed by atoms with Gasteiger partial charge in [-0.05, 0) is 44.7 Å². The highest BCUT2D eigenvalue weighted by Gasteiger charge is 2.27. The van der Waals surface area contributed by atoms with E-state index in [1.54, 1.807) is 6.20 Å². The van der Waals surface area contributed by atoms with Crippen LogP contribution in [0.3, 0.4) is 0 Å². The molecule has 0 amide bonds. The predicted octanol–water partition coefficient (Wildman–Crippen LogP) is 2.74. The number of hydrogen-bond donors (Lipinski definition) is 2. The quantitative estimate of drug-likeness (QED) is 0.192. The summed E-state index contributed by atoms with van der Waals surface area (Å²) in [4.78, 5) is 22.7. The smallest absolute Gasteiger partial charge is 0.309 e. The van der Waals surface area contributed by atoms with E-state index in [0.717, 1.165) is 63.6 Å². The fourth-order valence-corrected chi connectivity index (χ4v) is 3.05. The summed E-state index contributed by atoms with van der Waals surface area (Å²) in [5.41, 5.74) is 0. The van der Waals surface area contributed by atoms with Gasteiger partial charge in [-0.15, -0.1) is 24.0 Å². The molecular formula is C19H32IN5O2. The van der Waals surface area contributed by atoms with E-state index >= 15 is 0 Å². The number of nitrogens with zero attached hydrogens (tertiary/aromatic N) is 3. The summed E-state index contributed by atoms with van der Waals surface area (Å²) in [5, 5.41) is 6.74. The van der Waals surface area contributed by atoms with Crippen LogP contribution < -0.4 is 10.6 Å². The molecule has 1 aliphatic rings. The molecule has 7 nitrogen and oxygen atoms in total. The van der Waals surface area contributed by atoms with Crippen LogP contribution in [-0.2, 0) is 9.53 Å². The van der Waals surface area contributed by atoms with E-state index in [-0.39, 0.29) is 35.9 Å². The summed E-state index contributed by atoms with van der Waals surface area (Å²) in [6, 6.07) is 5.86. The number of aromatic nitrogens is 1. The molecule has 0 radical (unpaired) electrons. The van der Waals surface area contributed by atoms with Gasteiger partial charge in [0.15, 0.2) is 5.96 Å². The number of ether oxygens (including phenoxy) is 1. The van der Waals surface area contributed by atoms with Gasteiger partial charge in [0.1, 0.15) is 5.82 Å². The first-order chi connectivity index (χ1) is 12.7. The van der Waals surface area contributed by atoms with Gasteiger partial charge in [-0.2, -0.15) is 0 Å². The summed E-state index contributed by atoms with van der Waals surface area (Å²) in [6.07, 6.45) is 5.56. The Bertz CT molecular complexity index is 562. The van der Waals surface area contributed by atoms with E-state index in [9.17, 15) is 4.79 Å². The first-order valence-electron chi connectivity index (χ1n) is 9.51. The number of pyridine rings is 1. The number of rotatable bonds is 8. The van der Waals surface area contributed by atoms with E-state index in [1.165, 1.54) is 0 Å². The normalized spacial score (nSPS) is 15.0. The Morgan fingerprint density at radius 3 is 2.67 bits per heavy atom. The van der Waals surface area contributed by atoms with Crippen molar-refractivity contribution in [2.45, 2.75) is 32.6 Å². The molecule has 8 heteroatoms. The maximum absolute atomic E-state index is 11.8. The molecule has 27 heavy (non-hydrogen) atoms. The summed E-state index contributed by atoms with van der Waals surface area (Å²) >= 11 is 0. The SMILES string of the molecule is CCOC(=O)C1CCN(C(=NC)NCCCCNc2ccccn2)CC1.I. The van der Waals surface area contributed by atoms with E-state index in [0.29, 0.717) is 6.61 Å². The monoisotopic (exact) mass is 489 g/mol. The minimum Gasteiger partial charge on any atom is -0.466 e. The van der Waals surface area contributed by atoms with Gasteiger partial charge in [0.25, 0.3) is 0 Å². The molecule has 1 saturated heterocycles. The van der Waals surface area contributed by atoms with Gasteiger partial charge in [-0.1, -0.05) is 6.07 Å². The Morgan fingerprint density at radius 2 is 2.04 bits per heavy atom. The van der Waals surface area contributed by atoms with E-state index in [4.69, 9.17) is 4.74 Å². The van der Waals surface area contributed by atoms with Crippen molar-refractivity contribution < 1.29 is 9.53 Å². The number of piperidine rings is 1. The molecule has 2 rings (SSSR count). The van der Waals surface area contributed by atoms with Crippen molar-refractivity contribution >= 4 is 41.7 Å². The highest BCUT2D eigenvalue weighted by molar-refractivity contribution is 14.0. The van der Waals surface area contributed by atoms with Crippen molar-refractivity contribution in [3.63, 3.8) is 0 Å². The second kappa shape index (κ2) is 13.6. The summed E-state index contributed by atoms with van der Waals surface area (Å²) in [6.45, 7) is 5.77. The van der Waals surface area contributed by atoms with Gasteiger partial charge in [-0.25, -0.2) is 4.98 Å². The fraction of sp³-hybridized carbons (Fsp3) is 0.632. The van der Waals surface area contributed by atoms with E-state index in [1.807, 2.05) is 32.2 Å². The van der Waals surface area contributed by atoms with Crippen LogP contribution >= 0.6 is 24.0 Å². The van der Waals surface area contributed by atoms with Crippen molar-refractivity contribution in [1.82, 2.24) is 15.2 Å². The Morgan fingerprint density at radius 1 is 1.30 bits per heavy atom. The number of nitrogens with one attached hydrogen (secondary N) is 2. The standard InChI is InChI=1S/C19H31N5O2.HI/c1-3-26-18(25)16-9-14-24(15-10-16)19(20-2)23-13-7-6-12-22-17-8-4-5-11-21-17;/h4-5,8,11,16H,3,6-7,9-10,12-15H2,1-2H3,(H,20,23)(H,21,22);1H. The maximum Gasteiger partial charge on any atom is 0.309 e. The molecule has 0 aromatic carbocycles. The third-order valence-electron chi connectivity index (χ3n) is 4.48. The van der Waals surface area contributed by atoms with Crippen LogP contribution in [0.1, 0.15) is 32.6 Å². The third kappa shape index (κ3) is 8.32. The lowest BCUT2D eigenvalue weighted by molar-refractivity contribution is -0.149. The molecule has 1 aromatic rings. The van der Waals surface area contributed by atoms with Crippen molar-refractivity contribution in [2.75, 3.05) is 45.2 Å². The Hall–Kier alpha value is -1.58. The molecule has 0 saturated carbocycles. The van der Waals surface area contributed by atoms with Crippen molar-refractivity contribution in [2.24, 2.45) is 10.9 Å². The average Bonchev–Trinajstić information content (AvgIpc) is 2.69. The van der Waals surface area contributed by atoms with Crippen LogP contribution in [0.2, 0.25) is 0 Å². The number of likely N-dealkylation sites (tertiary alicyclic amines) is 1.